The molecule has 4 saturated carbocycles. The van der Waals surface area contributed by atoms with Gasteiger partial charge in [0.1, 0.15) is 24.9 Å². The van der Waals surface area contributed by atoms with Crippen LogP contribution in [0.5, 0.6) is 0 Å². The monoisotopic (exact) mass is 993 g/mol. The summed E-state index contributed by atoms with van der Waals surface area (Å²) in [7, 11) is 6.65. The van der Waals surface area contributed by atoms with Crippen LogP contribution >= 0.6 is 0 Å². The van der Waals surface area contributed by atoms with E-state index in [1.54, 1.807) is 80.8 Å². The molecule has 0 aromatic heterocycles. The highest BCUT2D eigenvalue weighted by Crippen LogP contribution is 2.58. The molecule has 0 spiro atoms. The van der Waals surface area contributed by atoms with Crippen LogP contribution in [0.25, 0.3) is 0 Å². The number of fused-ring (bicyclic) bond motifs is 6. The number of esters is 4. The van der Waals surface area contributed by atoms with Gasteiger partial charge in [-0.25, -0.2) is 0 Å². The summed E-state index contributed by atoms with van der Waals surface area (Å²) in [5.74, 6) is 3.81. The summed E-state index contributed by atoms with van der Waals surface area (Å²) in [5, 5.41) is 0. The molecule has 7 rings (SSSR count). The minimum Gasteiger partial charge on any atom is -0.466 e. The van der Waals surface area contributed by atoms with Crippen molar-refractivity contribution >= 4 is 23.9 Å². The Hall–Kier alpha value is -2.44. The number of carbonyl (C=O) groups is 4. The summed E-state index contributed by atoms with van der Waals surface area (Å²) < 4.78 is 61.1. The molecule has 0 amide bonds. The molecule has 2 bridgehead atoms. The second kappa shape index (κ2) is 39.1. The van der Waals surface area contributed by atoms with Crippen LogP contribution in [0.4, 0.5) is 0 Å². The molecule has 8 atom stereocenters. The van der Waals surface area contributed by atoms with Gasteiger partial charge in [0.25, 0.3) is 0 Å². The number of carbonyl (C=O) groups excluding carboxylic acids is 4. The Labute approximate surface area is 418 Å². The Bertz CT molecular complexity index is 1260. The molecule has 7 fully saturated rings. The molecule has 408 valence electrons. The zero-order chi connectivity index (χ0) is 52.3. The minimum absolute atomic E-state index is 0.0411. The Morgan fingerprint density at radius 2 is 0.957 bits per heavy atom. The van der Waals surface area contributed by atoms with Crippen molar-refractivity contribution in [3.8, 4) is 0 Å². The van der Waals surface area contributed by atoms with E-state index in [1.807, 2.05) is 27.7 Å². The fourth-order valence-electron chi connectivity index (χ4n) is 9.56. The zero-order valence-corrected chi connectivity index (χ0v) is 46.0. The van der Waals surface area contributed by atoms with Crippen molar-refractivity contribution in [3.63, 3.8) is 0 Å². The number of hydrogen-bond acceptors (Lipinski definition) is 16. The Balaban J connectivity index is 0.000000818. The Morgan fingerprint density at radius 3 is 1.29 bits per heavy atom. The van der Waals surface area contributed by atoms with Crippen molar-refractivity contribution in [1.29, 1.82) is 0 Å². The second-order valence-corrected chi connectivity index (χ2v) is 19.2. The van der Waals surface area contributed by atoms with E-state index >= 15 is 0 Å². The lowest BCUT2D eigenvalue weighted by Gasteiger charge is -2.43. The van der Waals surface area contributed by atoms with E-state index < -0.39 is 0 Å². The molecular formula is C53H100O16. The third kappa shape index (κ3) is 27.8. The largest absolute Gasteiger partial charge is 0.466 e. The van der Waals surface area contributed by atoms with E-state index in [0.29, 0.717) is 52.9 Å². The average Bonchev–Trinajstić information content (AvgIpc) is 4.19. The standard InChI is InChI=1S/C14H26O5.C10H16.C9H14O5.C6H12.2C4H8O2.2C3H8O/c1-6-14(8-17-11(2)15)9-18-12(19-10-14)13(3,4)7-16-5;1-2-9-7-4-5-8(6-7)10(9)3-1;1-5(10)14-7-4-13-8-6(11-2)3-12-9(7)8;1-2-4-6-5-3-1;2*1-3-6-4(2)5;2*1-3-4-2/h12H,6-10H2,1-5H3;7-10H,1-6H2;6-9H,3-4H2,1-2H3;1-6H2;2*3H2,1-2H3;2*3H2,1-2H3/t;;6?,7?,8-,9-;;;;;/m..1...../s1. The van der Waals surface area contributed by atoms with Gasteiger partial charge in [-0.15, -0.1) is 0 Å². The molecule has 6 unspecified atom stereocenters. The number of rotatable bonds is 12. The maximum Gasteiger partial charge on any atom is 0.303 e. The van der Waals surface area contributed by atoms with E-state index in [-0.39, 0.29) is 65.4 Å². The lowest BCUT2D eigenvalue weighted by atomic mass is 9.82. The topological polar surface area (TPSA) is 179 Å². The number of methoxy groups -OCH3 is 4. The number of ether oxygens (including phenoxy) is 12. The van der Waals surface area contributed by atoms with Gasteiger partial charge in [0.05, 0.1) is 51.7 Å². The molecular weight excluding hydrogens is 893 g/mol. The van der Waals surface area contributed by atoms with E-state index in [1.165, 1.54) is 89.9 Å². The van der Waals surface area contributed by atoms with Gasteiger partial charge >= 0.3 is 23.9 Å². The number of hydrogen-bond donors (Lipinski definition) is 0. The van der Waals surface area contributed by atoms with Gasteiger partial charge in [0, 0.05) is 74.8 Å². The van der Waals surface area contributed by atoms with Crippen molar-refractivity contribution < 1.29 is 76.0 Å². The van der Waals surface area contributed by atoms with Crippen molar-refractivity contribution in [2.24, 2.45) is 34.5 Å². The molecule has 0 aromatic carbocycles. The predicted octanol–water partition coefficient (Wildman–Crippen LogP) is 9.34. The molecule has 0 aromatic rings. The quantitative estimate of drug-likeness (QED) is 0.133. The zero-order valence-electron chi connectivity index (χ0n) is 46.0. The Morgan fingerprint density at radius 1 is 0.536 bits per heavy atom. The Kier molecular flexibility index (Phi) is 37.8. The van der Waals surface area contributed by atoms with Crippen LogP contribution in [0, 0.1) is 34.5 Å². The van der Waals surface area contributed by atoms with Crippen LogP contribution < -0.4 is 0 Å². The first-order valence-electron chi connectivity index (χ1n) is 25.9. The summed E-state index contributed by atoms with van der Waals surface area (Å²) in [6.45, 7) is 24.7. The summed E-state index contributed by atoms with van der Waals surface area (Å²) in [4.78, 5) is 41.4. The fourth-order valence-corrected chi connectivity index (χ4v) is 9.56. The first-order valence-corrected chi connectivity index (χ1v) is 25.9. The fraction of sp³-hybridized carbons (Fsp3) is 0.925. The van der Waals surface area contributed by atoms with Gasteiger partial charge in [0.15, 0.2) is 12.4 Å². The second-order valence-electron chi connectivity index (χ2n) is 19.2. The van der Waals surface area contributed by atoms with Gasteiger partial charge in [-0.1, -0.05) is 65.7 Å². The molecule has 3 aliphatic heterocycles. The lowest BCUT2D eigenvalue weighted by Crippen LogP contribution is -2.50. The highest BCUT2D eigenvalue weighted by molar-refractivity contribution is 5.66. The van der Waals surface area contributed by atoms with Crippen LogP contribution in [0.15, 0.2) is 0 Å². The van der Waals surface area contributed by atoms with Crippen LogP contribution in [0.1, 0.15) is 160 Å². The van der Waals surface area contributed by atoms with Gasteiger partial charge in [-0.05, 0) is 89.9 Å². The van der Waals surface area contributed by atoms with Crippen LogP contribution in [-0.4, -0.2) is 149 Å². The van der Waals surface area contributed by atoms with Gasteiger partial charge in [-0.2, -0.15) is 0 Å². The van der Waals surface area contributed by atoms with Gasteiger partial charge < -0.3 is 56.8 Å². The molecule has 4 aliphatic carbocycles. The summed E-state index contributed by atoms with van der Waals surface area (Å²) in [6, 6.07) is 0. The van der Waals surface area contributed by atoms with E-state index in [0.717, 1.165) is 19.6 Å². The van der Waals surface area contributed by atoms with Crippen LogP contribution in [0.3, 0.4) is 0 Å². The summed E-state index contributed by atoms with van der Waals surface area (Å²) in [6.07, 6.45) is 18.5. The third-order valence-corrected chi connectivity index (χ3v) is 13.3. The maximum absolute atomic E-state index is 10.9. The van der Waals surface area contributed by atoms with E-state index in [2.05, 4.69) is 25.9 Å². The van der Waals surface area contributed by atoms with E-state index in [4.69, 9.17) is 37.9 Å². The highest BCUT2D eigenvalue weighted by Gasteiger charge is 2.50. The van der Waals surface area contributed by atoms with Crippen LogP contribution in [0.2, 0.25) is 0 Å². The van der Waals surface area contributed by atoms with Crippen molar-refractivity contribution in [2.75, 3.05) is 94.5 Å². The first kappa shape index (κ1) is 66.6. The van der Waals surface area contributed by atoms with Gasteiger partial charge in [0.2, 0.25) is 0 Å². The molecule has 0 N–H and O–H groups in total. The normalized spacial score (nSPS) is 28.7. The lowest BCUT2D eigenvalue weighted by molar-refractivity contribution is -0.280. The molecule has 16 heteroatoms. The molecule has 7 aliphatic rings. The van der Waals surface area contributed by atoms with Gasteiger partial charge in [-0.3, -0.25) is 19.2 Å². The SMILES string of the molecule is C1CC2C3CCC(C3)C2C1.C1CCCCC1.CCC1(COC(C)=O)COC(C(C)(C)COC)OC1.CCOC.CCOC.CCOC(C)=O.CCOC(C)=O.COC1CO[C@@H]2C(OC(C)=O)CO[C@H]12. The molecule has 0 radical (unpaired) electrons. The third-order valence-electron chi connectivity index (χ3n) is 13.3. The molecule has 69 heavy (non-hydrogen) atoms. The van der Waals surface area contributed by atoms with Crippen LogP contribution in [-0.2, 0) is 76.0 Å². The molecule has 3 saturated heterocycles. The van der Waals surface area contributed by atoms with Crippen molar-refractivity contribution in [2.45, 2.75) is 190 Å². The minimum atomic E-state index is -0.302. The first-order chi connectivity index (χ1) is 32.9. The van der Waals surface area contributed by atoms with Crippen molar-refractivity contribution in [1.82, 2.24) is 0 Å². The smallest absolute Gasteiger partial charge is 0.303 e. The average molecular weight is 993 g/mol. The van der Waals surface area contributed by atoms with E-state index in [9.17, 15) is 19.2 Å². The molecule has 16 nitrogen and oxygen atoms in total. The highest BCUT2D eigenvalue weighted by atomic mass is 16.7. The summed E-state index contributed by atoms with van der Waals surface area (Å²) >= 11 is 0. The summed E-state index contributed by atoms with van der Waals surface area (Å²) in [5.41, 5.74) is -0.429. The maximum atomic E-state index is 10.9. The molecule has 3 heterocycles. The predicted molar refractivity (Wildman–Crippen MR) is 266 cm³/mol. The van der Waals surface area contributed by atoms with Crippen molar-refractivity contribution in [3.05, 3.63) is 0 Å².